The Bertz CT molecular complexity index is 560. The molecule has 1 atom stereocenters. The van der Waals surface area contributed by atoms with Gasteiger partial charge in [0.25, 0.3) is 5.91 Å². The van der Waals surface area contributed by atoms with Gasteiger partial charge in [0.05, 0.1) is 11.8 Å². The van der Waals surface area contributed by atoms with E-state index in [2.05, 4.69) is 5.32 Å². The lowest BCUT2D eigenvalue weighted by Gasteiger charge is -2.13. The molecule has 1 aliphatic heterocycles. The van der Waals surface area contributed by atoms with Gasteiger partial charge >= 0.3 is 0 Å². The van der Waals surface area contributed by atoms with Crippen molar-refractivity contribution in [3.05, 3.63) is 29.3 Å². The number of benzene rings is 1. The summed E-state index contributed by atoms with van der Waals surface area (Å²) >= 11 is 0. The smallest absolute Gasteiger partial charge is 0.255 e. The Balaban J connectivity index is 2.47. The van der Waals surface area contributed by atoms with Crippen LogP contribution in [-0.2, 0) is 9.59 Å². The SMILES string of the molecule is CC(=O)N[C@@H]1C(=O)N(CC#N)c2ccc(C)cc21. The molecule has 18 heavy (non-hydrogen) atoms. The van der Waals surface area contributed by atoms with Crippen molar-refractivity contribution >= 4 is 17.5 Å². The molecule has 0 aromatic heterocycles. The number of carbonyl (C=O) groups is 2. The van der Waals surface area contributed by atoms with E-state index >= 15 is 0 Å². The van der Waals surface area contributed by atoms with Crippen molar-refractivity contribution in [1.82, 2.24) is 5.32 Å². The third-order valence-corrected chi connectivity index (χ3v) is 2.87. The Morgan fingerprint density at radius 3 is 2.89 bits per heavy atom. The predicted octanol–water partition coefficient (Wildman–Crippen LogP) is 1.04. The number of hydrogen-bond donors (Lipinski definition) is 1. The quantitative estimate of drug-likeness (QED) is 0.789. The van der Waals surface area contributed by atoms with Crippen molar-refractivity contribution in [2.24, 2.45) is 0 Å². The second kappa shape index (κ2) is 4.49. The maximum atomic E-state index is 12.2. The Morgan fingerprint density at radius 1 is 1.56 bits per heavy atom. The largest absolute Gasteiger partial charge is 0.341 e. The zero-order chi connectivity index (χ0) is 13.3. The van der Waals surface area contributed by atoms with Crippen LogP contribution in [0.4, 0.5) is 5.69 Å². The number of nitrogens with one attached hydrogen (secondary N) is 1. The molecule has 1 heterocycles. The van der Waals surface area contributed by atoms with Gasteiger partial charge in [-0.25, -0.2) is 0 Å². The van der Waals surface area contributed by atoms with Gasteiger partial charge < -0.3 is 5.32 Å². The third kappa shape index (κ3) is 1.93. The molecular formula is C13H13N3O2. The molecule has 0 saturated carbocycles. The topological polar surface area (TPSA) is 73.2 Å². The summed E-state index contributed by atoms with van der Waals surface area (Å²) in [6.45, 7) is 3.28. The molecule has 2 amide bonds. The van der Waals surface area contributed by atoms with Crippen LogP contribution in [0.1, 0.15) is 24.1 Å². The first-order valence-corrected chi connectivity index (χ1v) is 5.60. The summed E-state index contributed by atoms with van der Waals surface area (Å²) in [5.74, 6) is -0.521. The Labute approximate surface area is 105 Å². The van der Waals surface area contributed by atoms with Crippen LogP contribution < -0.4 is 10.2 Å². The molecule has 1 aliphatic rings. The van der Waals surface area contributed by atoms with E-state index in [1.165, 1.54) is 11.8 Å². The summed E-state index contributed by atoms with van der Waals surface area (Å²) in [5, 5.41) is 11.4. The molecule has 1 N–H and O–H groups in total. The molecule has 5 nitrogen and oxygen atoms in total. The minimum Gasteiger partial charge on any atom is -0.341 e. The lowest BCUT2D eigenvalue weighted by molar-refractivity contribution is -0.126. The molecule has 0 saturated heterocycles. The molecule has 0 fully saturated rings. The summed E-state index contributed by atoms with van der Waals surface area (Å²) in [6.07, 6.45) is 0. The van der Waals surface area contributed by atoms with Crippen LogP contribution in [0.2, 0.25) is 0 Å². The first-order valence-electron chi connectivity index (χ1n) is 5.60. The summed E-state index contributed by atoms with van der Waals surface area (Å²) in [4.78, 5) is 24.7. The standard InChI is InChI=1S/C13H13N3O2/c1-8-3-4-11-10(7-8)12(15-9(2)17)13(18)16(11)6-5-14/h3-4,7,12H,6H2,1-2H3,(H,15,17)/t12-/m0/s1. The first kappa shape index (κ1) is 12.1. The molecule has 0 spiro atoms. The fourth-order valence-electron chi connectivity index (χ4n) is 2.14. The maximum absolute atomic E-state index is 12.2. The number of aryl methyl sites for hydroxylation is 1. The molecule has 0 aliphatic carbocycles. The number of anilines is 1. The monoisotopic (exact) mass is 243 g/mol. The highest BCUT2D eigenvalue weighted by Crippen LogP contribution is 2.36. The molecule has 1 aromatic carbocycles. The van der Waals surface area contributed by atoms with E-state index in [9.17, 15) is 9.59 Å². The second-order valence-corrected chi connectivity index (χ2v) is 4.28. The molecule has 0 bridgehead atoms. The van der Waals surface area contributed by atoms with Gasteiger partial charge in [0, 0.05) is 12.5 Å². The van der Waals surface area contributed by atoms with E-state index < -0.39 is 6.04 Å². The Kier molecular flexibility index (Phi) is 3.02. The number of nitrogens with zero attached hydrogens (tertiary/aromatic N) is 2. The first-order chi connectivity index (χ1) is 8.54. The van der Waals surface area contributed by atoms with Gasteiger partial charge in [0.2, 0.25) is 5.91 Å². The molecule has 0 radical (unpaired) electrons. The van der Waals surface area contributed by atoms with E-state index in [1.54, 1.807) is 0 Å². The minimum absolute atomic E-state index is 0.00895. The van der Waals surface area contributed by atoms with Gasteiger partial charge in [-0.05, 0) is 13.0 Å². The highest BCUT2D eigenvalue weighted by Gasteiger charge is 2.37. The molecule has 2 rings (SSSR count). The van der Waals surface area contributed by atoms with Gasteiger partial charge in [-0.2, -0.15) is 5.26 Å². The predicted molar refractivity (Wildman–Crippen MR) is 65.7 cm³/mol. The summed E-state index contributed by atoms with van der Waals surface area (Å²) in [6, 6.07) is 6.84. The zero-order valence-electron chi connectivity index (χ0n) is 10.2. The highest BCUT2D eigenvalue weighted by atomic mass is 16.2. The molecule has 0 unspecified atom stereocenters. The molecule has 5 heteroatoms. The van der Waals surface area contributed by atoms with Crippen molar-refractivity contribution in [1.29, 1.82) is 5.26 Å². The number of nitriles is 1. The average molecular weight is 243 g/mol. The van der Waals surface area contributed by atoms with Crippen LogP contribution in [0.5, 0.6) is 0 Å². The van der Waals surface area contributed by atoms with E-state index in [0.717, 1.165) is 11.1 Å². The fourth-order valence-corrected chi connectivity index (χ4v) is 2.14. The van der Waals surface area contributed by atoms with Gasteiger partial charge in [0.15, 0.2) is 0 Å². The number of hydrogen-bond acceptors (Lipinski definition) is 3. The second-order valence-electron chi connectivity index (χ2n) is 4.28. The molecular weight excluding hydrogens is 230 g/mol. The number of fused-ring (bicyclic) bond motifs is 1. The molecule has 92 valence electrons. The fraction of sp³-hybridized carbons (Fsp3) is 0.308. The third-order valence-electron chi connectivity index (χ3n) is 2.87. The minimum atomic E-state index is -0.675. The van der Waals surface area contributed by atoms with Crippen molar-refractivity contribution in [3.8, 4) is 6.07 Å². The van der Waals surface area contributed by atoms with Crippen molar-refractivity contribution in [2.45, 2.75) is 19.9 Å². The lowest BCUT2D eigenvalue weighted by atomic mass is 10.1. The summed E-state index contributed by atoms with van der Waals surface area (Å²) < 4.78 is 0. The van der Waals surface area contributed by atoms with Gasteiger partial charge in [-0.15, -0.1) is 0 Å². The lowest BCUT2D eigenvalue weighted by Crippen LogP contribution is -2.36. The van der Waals surface area contributed by atoms with E-state index in [-0.39, 0.29) is 18.4 Å². The van der Waals surface area contributed by atoms with Crippen LogP contribution >= 0.6 is 0 Å². The number of amides is 2. The van der Waals surface area contributed by atoms with Crippen LogP contribution in [-0.4, -0.2) is 18.4 Å². The van der Waals surface area contributed by atoms with Crippen molar-refractivity contribution < 1.29 is 9.59 Å². The number of carbonyl (C=O) groups excluding carboxylic acids is 2. The van der Waals surface area contributed by atoms with Gasteiger partial charge in [-0.3, -0.25) is 14.5 Å². The van der Waals surface area contributed by atoms with Gasteiger partial charge in [0.1, 0.15) is 12.6 Å². The zero-order valence-corrected chi connectivity index (χ0v) is 10.2. The van der Waals surface area contributed by atoms with Crippen LogP contribution in [0.25, 0.3) is 0 Å². The van der Waals surface area contributed by atoms with Crippen LogP contribution in [0, 0.1) is 18.3 Å². The van der Waals surface area contributed by atoms with Crippen LogP contribution in [0.3, 0.4) is 0 Å². The van der Waals surface area contributed by atoms with Gasteiger partial charge in [-0.1, -0.05) is 17.7 Å². The molecule has 1 aromatic rings. The normalized spacial score (nSPS) is 17.3. The highest BCUT2D eigenvalue weighted by molar-refractivity contribution is 6.06. The Hall–Kier alpha value is -2.35. The van der Waals surface area contributed by atoms with Crippen molar-refractivity contribution in [2.75, 3.05) is 11.4 Å². The van der Waals surface area contributed by atoms with E-state index in [1.807, 2.05) is 31.2 Å². The number of rotatable bonds is 2. The van der Waals surface area contributed by atoms with E-state index in [0.29, 0.717) is 5.69 Å². The average Bonchev–Trinajstić information content (AvgIpc) is 2.54. The Morgan fingerprint density at radius 2 is 2.28 bits per heavy atom. The van der Waals surface area contributed by atoms with E-state index in [4.69, 9.17) is 5.26 Å². The summed E-state index contributed by atoms with van der Waals surface area (Å²) in [5.41, 5.74) is 2.46. The maximum Gasteiger partial charge on any atom is 0.255 e. The van der Waals surface area contributed by atoms with Crippen molar-refractivity contribution in [3.63, 3.8) is 0 Å². The van der Waals surface area contributed by atoms with Crippen LogP contribution in [0.15, 0.2) is 18.2 Å². The summed E-state index contributed by atoms with van der Waals surface area (Å²) in [7, 11) is 0.